The van der Waals surface area contributed by atoms with Crippen molar-refractivity contribution in [3.63, 3.8) is 0 Å². The van der Waals surface area contributed by atoms with Gasteiger partial charge in [-0.05, 0) is 24.8 Å². The van der Waals surface area contributed by atoms with E-state index in [9.17, 15) is 0 Å². The molecule has 0 heterocycles. The van der Waals surface area contributed by atoms with Crippen LogP contribution in [0.25, 0.3) is 0 Å². The Balaban J connectivity index is 2.36. The number of rotatable bonds is 2. The van der Waals surface area contributed by atoms with Crippen LogP contribution < -0.4 is 0 Å². The predicted molar refractivity (Wildman–Crippen MR) is 43.2 cm³/mol. The molecule has 0 aliphatic heterocycles. The van der Waals surface area contributed by atoms with E-state index >= 15 is 0 Å². The van der Waals surface area contributed by atoms with Crippen molar-refractivity contribution in [3.8, 4) is 0 Å². The minimum atomic E-state index is 0.681. The van der Waals surface area contributed by atoms with Gasteiger partial charge in [-0.3, -0.25) is 0 Å². The second kappa shape index (κ2) is 3.87. The first kappa shape index (κ1) is 7.93. The van der Waals surface area contributed by atoms with Gasteiger partial charge in [-0.25, -0.2) is 0 Å². The standard InChI is InChI=1S/C8H13ClO/c1-10-8-4-2-7(6-9)3-5-8/h4,7H,2-3,5-6H2,1H3. The van der Waals surface area contributed by atoms with Crippen LogP contribution in [0.1, 0.15) is 19.3 Å². The van der Waals surface area contributed by atoms with Gasteiger partial charge in [0, 0.05) is 12.3 Å². The van der Waals surface area contributed by atoms with Crippen molar-refractivity contribution >= 4 is 11.6 Å². The average molecular weight is 161 g/mol. The summed E-state index contributed by atoms with van der Waals surface area (Å²) in [5, 5.41) is 0. The van der Waals surface area contributed by atoms with Crippen LogP contribution in [0.3, 0.4) is 0 Å². The molecule has 2 heteroatoms. The molecule has 1 aliphatic rings. The minimum absolute atomic E-state index is 0.681. The zero-order chi connectivity index (χ0) is 7.40. The van der Waals surface area contributed by atoms with Gasteiger partial charge in [-0.15, -0.1) is 11.6 Å². The summed E-state index contributed by atoms with van der Waals surface area (Å²) in [7, 11) is 1.73. The van der Waals surface area contributed by atoms with Gasteiger partial charge in [0.2, 0.25) is 0 Å². The molecular formula is C8H13ClO. The normalized spacial score (nSPS) is 25.8. The van der Waals surface area contributed by atoms with Crippen LogP contribution in [0, 0.1) is 5.92 Å². The molecule has 58 valence electrons. The van der Waals surface area contributed by atoms with E-state index in [1.807, 2.05) is 0 Å². The summed E-state index contributed by atoms with van der Waals surface area (Å²) in [6.45, 7) is 0. The molecule has 0 N–H and O–H groups in total. The summed E-state index contributed by atoms with van der Waals surface area (Å²) in [4.78, 5) is 0. The maximum atomic E-state index is 5.70. The molecule has 0 bridgehead atoms. The van der Waals surface area contributed by atoms with Crippen molar-refractivity contribution in [2.24, 2.45) is 5.92 Å². The van der Waals surface area contributed by atoms with Crippen molar-refractivity contribution in [2.45, 2.75) is 19.3 Å². The van der Waals surface area contributed by atoms with Gasteiger partial charge >= 0.3 is 0 Å². The SMILES string of the molecule is COC1=CCC(CCl)CC1. The molecule has 0 saturated heterocycles. The molecule has 0 aromatic carbocycles. The fourth-order valence-electron chi connectivity index (χ4n) is 1.19. The van der Waals surface area contributed by atoms with Crippen molar-refractivity contribution in [2.75, 3.05) is 13.0 Å². The Kier molecular flexibility index (Phi) is 3.07. The molecule has 1 aliphatic carbocycles. The van der Waals surface area contributed by atoms with Crippen LogP contribution in [-0.4, -0.2) is 13.0 Å². The lowest BCUT2D eigenvalue weighted by Gasteiger charge is -2.18. The number of hydrogen-bond donors (Lipinski definition) is 0. The molecule has 0 aromatic heterocycles. The molecule has 0 fully saturated rings. The van der Waals surface area contributed by atoms with Gasteiger partial charge in [-0.2, -0.15) is 0 Å². The van der Waals surface area contributed by atoms with E-state index in [1.165, 1.54) is 6.42 Å². The molecule has 1 nitrogen and oxygen atoms in total. The monoisotopic (exact) mass is 160 g/mol. The Morgan fingerprint density at radius 3 is 3.00 bits per heavy atom. The van der Waals surface area contributed by atoms with Gasteiger partial charge in [0.15, 0.2) is 0 Å². The first-order chi connectivity index (χ1) is 4.86. The minimum Gasteiger partial charge on any atom is -0.501 e. The highest BCUT2D eigenvalue weighted by Crippen LogP contribution is 2.24. The number of allylic oxidation sites excluding steroid dienone is 2. The fraction of sp³-hybridized carbons (Fsp3) is 0.750. The summed E-state index contributed by atoms with van der Waals surface area (Å²) in [5.41, 5.74) is 0. The fourth-order valence-corrected chi connectivity index (χ4v) is 1.47. The third-order valence-corrected chi connectivity index (χ3v) is 2.39. The molecule has 0 spiro atoms. The third-order valence-electron chi connectivity index (χ3n) is 1.96. The first-order valence-electron chi connectivity index (χ1n) is 3.65. The molecule has 0 amide bonds. The van der Waals surface area contributed by atoms with Crippen molar-refractivity contribution in [1.82, 2.24) is 0 Å². The Morgan fingerprint density at radius 2 is 2.60 bits per heavy atom. The van der Waals surface area contributed by atoms with Crippen LogP contribution in [0.2, 0.25) is 0 Å². The van der Waals surface area contributed by atoms with Gasteiger partial charge in [0.1, 0.15) is 0 Å². The zero-order valence-corrected chi connectivity index (χ0v) is 7.03. The summed E-state index contributed by atoms with van der Waals surface area (Å²) in [5.74, 6) is 2.59. The summed E-state index contributed by atoms with van der Waals surface area (Å²) in [6.07, 6.45) is 5.49. The highest BCUT2D eigenvalue weighted by molar-refractivity contribution is 6.18. The molecule has 0 saturated carbocycles. The number of halogens is 1. The molecule has 0 aromatic rings. The average Bonchev–Trinajstić information content (AvgIpc) is 2.05. The van der Waals surface area contributed by atoms with Gasteiger partial charge in [0.05, 0.1) is 12.9 Å². The van der Waals surface area contributed by atoms with Crippen LogP contribution in [0.4, 0.5) is 0 Å². The largest absolute Gasteiger partial charge is 0.501 e. The number of hydrogen-bond acceptors (Lipinski definition) is 1. The Labute approximate surface area is 67.0 Å². The summed E-state index contributed by atoms with van der Waals surface area (Å²) < 4.78 is 5.10. The lowest BCUT2D eigenvalue weighted by Crippen LogP contribution is -2.07. The van der Waals surface area contributed by atoms with E-state index in [2.05, 4.69) is 6.08 Å². The highest BCUT2D eigenvalue weighted by atomic mass is 35.5. The second-order valence-electron chi connectivity index (χ2n) is 2.67. The Bertz CT molecular complexity index is 131. The van der Waals surface area contributed by atoms with Crippen LogP contribution in [0.5, 0.6) is 0 Å². The summed E-state index contributed by atoms with van der Waals surface area (Å²) in [6, 6.07) is 0. The van der Waals surface area contributed by atoms with Crippen molar-refractivity contribution in [1.29, 1.82) is 0 Å². The van der Waals surface area contributed by atoms with Crippen LogP contribution in [0.15, 0.2) is 11.8 Å². The second-order valence-corrected chi connectivity index (χ2v) is 2.98. The van der Waals surface area contributed by atoms with Gasteiger partial charge in [-0.1, -0.05) is 0 Å². The number of ether oxygens (including phenoxy) is 1. The Hall–Kier alpha value is -0.170. The van der Waals surface area contributed by atoms with Gasteiger partial charge in [0.25, 0.3) is 0 Å². The summed E-state index contributed by atoms with van der Waals surface area (Å²) >= 11 is 5.70. The van der Waals surface area contributed by atoms with E-state index in [1.54, 1.807) is 7.11 Å². The molecule has 1 unspecified atom stereocenters. The van der Waals surface area contributed by atoms with E-state index in [-0.39, 0.29) is 0 Å². The quantitative estimate of drug-likeness (QED) is 0.565. The number of alkyl halides is 1. The topological polar surface area (TPSA) is 9.23 Å². The predicted octanol–water partition coefficient (Wildman–Crippen LogP) is 2.56. The van der Waals surface area contributed by atoms with Crippen LogP contribution in [-0.2, 0) is 4.74 Å². The van der Waals surface area contributed by atoms with Crippen molar-refractivity contribution in [3.05, 3.63) is 11.8 Å². The lowest BCUT2D eigenvalue weighted by molar-refractivity contribution is 0.257. The smallest absolute Gasteiger partial charge is 0.0915 e. The molecular weight excluding hydrogens is 148 g/mol. The van der Waals surface area contributed by atoms with Crippen molar-refractivity contribution < 1.29 is 4.74 Å². The number of methoxy groups -OCH3 is 1. The maximum Gasteiger partial charge on any atom is 0.0915 e. The van der Waals surface area contributed by atoms with E-state index in [0.29, 0.717) is 5.92 Å². The van der Waals surface area contributed by atoms with Crippen LogP contribution >= 0.6 is 11.6 Å². The van der Waals surface area contributed by atoms with E-state index in [4.69, 9.17) is 16.3 Å². The van der Waals surface area contributed by atoms with E-state index in [0.717, 1.165) is 24.5 Å². The first-order valence-corrected chi connectivity index (χ1v) is 4.19. The molecule has 0 radical (unpaired) electrons. The van der Waals surface area contributed by atoms with Gasteiger partial charge < -0.3 is 4.74 Å². The highest BCUT2D eigenvalue weighted by Gasteiger charge is 2.12. The maximum absolute atomic E-state index is 5.70. The van der Waals surface area contributed by atoms with E-state index < -0.39 is 0 Å². The molecule has 10 heavy (non-hydrogen) atoms. The Morgan fingerprint density at radius 1 is 1.80 bits per heavy atom. The third kappa shape index (κ3) is 1.91. The molecule has 1 atom stereocenters. The zero-order valence-electron chi connectivity index (χ0n) is 6.27. The molecule has 1 rings (SSSR count). The lowest BCUT2D eigenvalue weighted by atomic mass is 9.95.